The van der Waals surface area contributed by atoms with E-state index in [1.165, 1.54) is 15.3 Å². The van der Waals surface area contributed by atoms with Crippen LogP contribution >= 0.6 is 11.3 Å². The van der Waals surface area contributed by atoms with Crippen LogP contribution in [0.3, 0.4) is 0 Å². The summed E-state index contributed by atoms with van der Waals surface area (Å²) < 4.78 is 11.2. The third-order valence-electron chi connectivity index (χ3n) is 3.39. The maximum atomic E-state index is 5.83. The average molecular weight is 283 g/mol. The molecule has 1 N–H and O–H groups in total. The van der Waals surface area contributed by atoms with Crippen molar-refractivity contribution in [2.24, 2.45) is 5.92 Å². The second kappa shape index (κ2) is 7.39. The van der Waals surface area contributed by atoms with Crippen molar-refractivity contribution in [3.8, 4) is 0 Å². The lowest BCUT2D eigenvalue weighted by Gasteiger charge is -2.08. The van der Waals surface area contributed by atoms with Gasteiger partial charge in [0.2, 0.25) is 0 Å². The lowest BCUT2D eigenvalue weighted by Crippen LogP contribution is -2.21. The van der Waals surface area contributed by atoms with Crippen molar-refractivity contribution in [1.29, 1.82) is 0 Å². The Kier molecular flexibility index (Phi) is 5.82. The first-order chi connectivity index (χ1) is 9.15. The zero-order chi connectivity index (χ0) is 13.7. The summed E-state index contributed by atoms with van der Waals surface area (Å²) in [6, 6.07) is 2.81. The van der Waals surface area contributed by atoms with E-state index in [0.29, 0.717) is 12.0 Å². The molecule has 0 radical (unpaired) electrons. The molecule has 0 saturated carbocycles. The van der Waals surface area contributed by atoms with Crippen molar-refractivity contribution in [2.45, 2.75) is 46.4 Å². The molecule has 2 heterocycles. The van der Waals surface area contributed by atoms with Crippen LogP contribution in [0.4, 0.5) is 0 Å². The van der Waals surface area contributed by atoms with E-state index in [1.807, 2.05) is 11.3 Å². The van der Waals surface area contributed by atoms with Gasteiger partial charge < -0.3 is 14.8 Å². The summed E-state index contributed by atoms with van der Waals surface area (Å²) in [5, 5.41) is 3.46. The van der Waals surface area contributed by atoms with Crippen LogP contribution in [0, 0.1) is 12.8 Å². The number of aryl methyl sites for hydroxylation is 1. The van der Waals surface area contributed by atoms with Gasteiger partial charge in [0.15, 0.2) is 0 Å². The standard InChI is InChI=1S/C15H25NO2S/c1-11(2)16-7-15-6-14(12(3)19-15)10-18-9-13-4-5-17-8-13/h6,11,13,16H,4-5,7-10H2,1-3H3. The second-order valence-electron chi connectivity index (χ2n) is 5.57. The molecule has 1 fully saturated rings. The van der Waals surface area contributed by atoms with Gasteiger partial charge in [0, 0.05) is 34.9 Å². The molecule has 1 saturated heterocycles. The van der Waals surface area contributed by atoms with Crippen molar-refractivity contribution in [3.05, 3.63) is 21.4 Å². The topological polar surface area (TPSA) is 30.5 Å². The summed E-state index contributed by atoms with van der Waals surface area (Å²) in [5.41, 5.74) is 1.34. The predicted octanol–water partition coefficient (Wildman–Crippen LogP) is 3.11. The maximum absolute atomic E-state index is 5.83. The third kappa shape index (κ3) is 4.88. The molecule has 19 heavy (non-hydrogen) atoms. The van der Waals surface area contributed by atoms with Crippen LogP contribution in [0.15, 0.2) is 6.07 Å². The summed E-state index contributed by atoms with van der Waals surface area (Å²) in [5.74, 6) is 0.598. The molecule has 0 amide bonds. The van der Waals surface area contributed by atoms with Gasteiger partial charge in [-0.05, 0) is 25.0 Å². The van der Waals surface area contributed by atoms with Gasteiger partial charge in [-0.2, -0.15) is 0 Å². The molecule has 2 rings (SSSR count). The Balaban J connectivity index is 1.76. The molecule has 1 unspecified atom stereocenters. The first kappa shape index (κ1) is 15.0. The van der Waals surface area contributed by atoms with Crippen LogP contribution in [0.1, 0.15) is 35.6 Å². The maximum Gasteiger partial charge on any atom is 0.0727 e. The van der Waals surface area contributed by atoms with Crippen LogP contribution in [0.2, 0.25) is 0 Å². The molecule has 0 bridgehead atoms. The predicted molar refractivity (Wildman–Crippen MR) is 79.6 cm³/mol. The number of nitrogens with one attached hydrogen (secondary N) is 1. The number of ether oxygens (including phenoxy) is 2. The third-order valence-corrected chi connectivity index (χ3v) is 4.48. The Morgan fingerprint density at radius 3 is 3.05 bits per heavy atom. The van der Waals surface area contributed by atoms with Gasteiger partial charge >= 0.3 is 0 Å². The van der Waals surface area contributed by atoms with Crippen LogP contribution in [0.5, 0.6) is 0 Å². The minimum absolute atomic E-state index is 0.532. The molecule has 0 spiro atoms. The summed E-state index contributed by atoms with van der Waals surface area (Å²) in [4.78, 5) is 2.78. The van der Waals surface area contributed by atoms with Gasteiger partial charge in [0.25, 0.3) is 0 Å². The summed E-state index contributed by atoms with van der Waals surface area (Å²) in [6.07, 6.45) is 1.15. The molecule has 0 aliphatic carbocycles. The highest BCUT2D eigenvalue weighted by Gasteiger charge is 2.16. The Labute approximate surface area is 120 Å². The van der Waals surface area contributed by atoms with E-state index in [4.69, 9.17) is 9.47 Å². The summed E-state index contributed by atoms with van der Waals surface area (Å²) in [6.45, 7) is 10.8. The fraction of sp³-hybridized carbons (Fsp3) is 0.733. The number of thiophene rings is 1. The van der Waals surface area contributed by atoms with E-state index in [0.717, 1.165) is 39.4 Å². The van der Waals surface area contributed by atoms with Crippen molar-refractivity contribution in [3.63, 3.8) is 0 Å². The van der Waals surface area contributed by atoms with Crippen LogP contribution in [-0.2, 0) is 22.6 Å². The van der Waals surface area contributed by atoms with E-state index < -0.39 is 0 Å². The Bertz CT molecular complexity index is 383. The monoisotopic (exact) mass is 283 g/mol. The molecule has 1 aromatic heterocycles. The van der Waals surface area contributed by atoms with E-state index in [-0.39, 0.29) is 0 Å². The molecule has 3 nitrogen and oxygen atoms in total. The second-order valence-corrected chi connectivity index (χ2v) is 6.92. The zero-order valence-electron chi connectivity index (χ0n) is 12.2. The number of hydrogen-bond donors (Lipinski definition) is 1. The van der Waals surface area contributed by atoms with Gasteiger partial charge in [-0.3, -0.25) is 0 Å². The molecule has 0 aromatic carbocycles. The highest BCUT2D eigenvalue weighted by molar-refractivity contribution is 7.12. The average Bonchev–Trinajstić information content (AvgIpc) is 2.98. The minimum Gasteiger partial charge on any atom is -0.381 e. The molecule has 4 heteroatoms. The summed E-state index contributed by atoms with van der Waals surface area (Å²) >= 11 is 1.87. The molecule has 1 aliphatic heterocycles. The van der Waals surface area contributed by atoms with E-state index >= 15 is 0 Å². The quantitative estimate of drug-likeness (QED) is 0.834. The Morgan fingerprint density at radius 1 is 1.53 bits per heavy atom. The summed E-state index contributed by atoms with van der Waals surface area (Å²) in [7, 11) is 0. The lowest BCUT2D eigenvalue weighted by atomic mass is 10.1. The van der Waals surface area contributed by atoms with E-state index in [2.05, 4.69) is 32.2 Å². The van der Waals surface area contributed by atoms with Crippen molar-refractivity contribution < 1.29 is 9.47 Å². The zero-order valence-corrected chi connectivity index (χ0v) is 13.0. The Morgan fingerprint density at radius 2 is 2.37 bits per heavy atom. The first-order valence-corrected chi connectivity index (χ1v) is 7.94. The number of rotatable bonds is 7. The smallest absolute Gasteiger partial charge is 0.0727 e. The molecular formula is C15H25NO2S. The van der Waals surface area contributed by atoms with Crippen LogP contribution < -0.4 is 5.32 Å². The van der Waals surface area contributed by atoms with Gasteiger partial charge in [-0.25, -0.2) is 0 Å². The Hall–Kier alpha value is -0.420. The molecule has 108 valence electrons. The number of hydrogen-bond acceptors (Lipinski definition) is 4. The minimum atomic E-state index is 0.532. The largest absolute Gasteiger partial charge is 0.381 e. The fourth-order valence-corrected chi connectivity index (χ4v) is 3.17. The van der Waals surface area contributed by atoms with Gasteiger partial charge in [-0.1, -0.05) is 13.8 Å². The van der Waals surface area contributed by atoms with Crippen molar-refractivity contribution in [2.75, 3.05) is 19.8 Å². The van der Waals surface area contributed by atoms with E-state index in [1.54, 1.807) is 0 Å². The van der Waals surface area contributed by atoms with Crippen LogP contribution in [-0.4, -0.2) is 25.9 Å². The van der Waals surface area contributed by atoms with Gasteiger partial charge in [0.05, 0.1) is 19.8 Å². The van der Waals surface area contributed by atoms with Gasteiger partial charge in [0.1, 0.15) is 0 Å². The molecule has 1 atom stereocenters. The SMILES string of the molecule is Cc1sc(CNC(C)C)cc1COCC1CCOC1. The first-order valence-electron chi connectivity index (χ1n) is 7.12. The van der Waals surface area contributed by atoms with Gasteiger partial charge in [-0.15, -0.1) is 11.3 Å². The highest BCUT2D eigenvalue weighted by Crippen LogP contribution is 2.23. The normalized spacial score (nSPS) is 19.5. The fourth-order valence-electron chi connectivity index (χ4n) is 2.17. The lowest BCUT2D eigenvalue weighted by molar-refractivity contribution is 0.0791. The molecule has 1 aliphatic rings. The highest BCUT2D eigenvalue weighted by atomic mass is 32.1. The molecular weight excluding hydrogens is 258 g/mol. The van der Waals surface area contributed by atoms with Crippen molar-refractivity contribution in [1.82, 2.24) is 5.32 Å². The molecule has 1 aromatic rings. The van der Waals surface area contributed by atoms with Crippen molar-refractivity contribution >= 4 is 11.3 Å². The van der Waals surface area contributed by atoms with E-state index in [9.17, 15) is 0 Å². The van der Waals surface area contributed by atoms with Crippen LogP contribution in [0.25, 0.3) is 0 Å².